The van der Waals surface area contributed by atoms with Crippen molar-refractivity contribution in [1.29, 1.82) is 0 Å². The Balaban J connectivity index is 1.55. The van der Waals surface area contributed by atoms with E-state index in [4.69, 9.17) is 4.42 Å². The number of nitrogens with zero attached hydrogens (tertiary/aromatic N) is 3. The highest BCUT2D eigenvalue weighted by molar-refractivity contribution is 5.97. The minimum Gasteiger partial charge on any atom is -0.472 e. The molecule has 2 aromatic heterocycles. The Morgan fingerprint density at radius 2 is 2.06 bits per heavy atom. The average molecular weight is 432 g/mol. The molecule has 0 spiro atoms. The number of benzene rings is 1. The molecule has 4 rings (SSSR count). The van der Waals surface area contributed by atoms with Crippen LogP contribution < -0.4 is 5.32 Å². The molecule has 1 N–H and O–H groups in total. The van der Waals surface area contributed by atoms with E-state index in [1.165, 1.54) is 29.5 Å². The van der Waals surface area contributed by atoms with E-state index in [2.05, 4.69) is 10.4 Å². The van der Waals surface area contributed by atoms with E-state index >= 15 is 0 Å². The molecule has 1 saturated heterocycles. The second kappa shape index (κ2) is 8.29. The van der Waals surface area contributed by atoms with Crippen molar-refractivity contribution >= 4 is 17.5 Å². The molecule has 31 heavy (non-hydrogen) atoms. The van der Waals surface area contributed by atoms with Crippen molar-refractivity contribution in [3.8, 4) is 5.69 Å². The van der Waals surface area contributed by atoms with Crippen LogP contribution in [0.15, 0.2) is 59.7 Å². The maximum atomic E-state index is 13.2. The normalized spacial score (nSPS) is 16.9. The molecule has 2 amide bonds. The highest BCUT2D eigenvalue weighted by atomic mass is 19.4. The predicted octanol–water partition coefficient (Wildman–Crippen LogP) is 3.98. The molecule has 0 bridgehead atoms. The van der Waals surface area contributed by atoms with Crippen LogP contribution in [0.4, 0.5) is 18.9 Å². The van der Waals surface area contributed by atoms with Gasteiger partial charge in [0.05, 0.1) is 34.7 Å². The average Bonchev–Trinajstić information content (AvgIpc) is 3.47. The molecule has 10 heteroatoms. The third-order valence-corrected chi connectivity index (χ3v) is 5.18. The Morgan fingerprint density at radius 1 is 1.23 bits per heavy atom. The highest BCUT2D eigenvalue weighted by Crippen LogP contribution is 2.33. The third-order valence-electron chi connectivity index (χ3n) is 5.18. The summed E-state index contributed by atoms with van der Waals surface area (Å²) < 4.78 is 46.0. The van der Waals surface area contributed by atoms with Gasteiger partial charge in [0.25, 0.3) is 5.91 Å². The third kappa shape index (κ3) is 4.47. The Labute approximate surface area is 175 Å². The number of furan rings is 1. The van der Waals surface area contributed by atoms with Crippen molar-refractivity contribution in [2.75, 3.05) is 18.4 Å². The molecule has 1 fully saturated rings. The SMILES string of the molecule is O=C(Nc1cc(C(F)(F)F)ccc1-n1cccn1)[C@H]1CCCN(C(=O)c2ccoc2)C1. The van der Waals surface area contributed by atoms with Crippen molar-refractivity contribution in [2.24, 2.45) is 5.92 Å². The summed E-state index contributed by atoms with van der Waals surface area (Å²) in [7, 11) is 0. The number of likely N-dealkylation sites (tertiary alicyclic amines) is 1. The molecular formula is C21H19F3N4O3. The van der Waals surface area contributed by atoms with Gasteiger partial charge in [-0.15, -0.1) is 0 Å². The molecule has 1 aliphatic rings. The zero-order chi connectivity index (χ0) is 22.0. The largest absolute Gasteiger partial charge is 0.472 e. The van der Waals surface area contributed by atoms with Crippen LogP contribution >= 0.6 is 0 Å². The van der Waals surface area contributed by atoms with Crippen LogP contribution in [-0.2, 0) is 11.0 Å². The fourth-order valence-electron chi connectivity index (χ4n) is 3.60. The summed E-state index contributed by atoms with van der Waals surface area (Å²) in [6.45, 7) is 0.668. The monoisotopic (exact) mass is 432 g/mol. The molecule has 1 atom stereocenters. The van der Waals surface area contributed by atoms with Gasteiger partial charge >= 0.3 is 6.18 Å². The first-order chi connectivity index (χ1) is 14.8. The predicted molar refractivity (Wildman–Crippen MR) is 105 cm³/mol. The summed E-state index contributed by atoms with van der Waals surface area (Å²) >= 11 is 0. The van der Waals surface area contributed by atoms with Gasteiger partial charge in [-0.05, 0) is 43.2 Å². The van der Waals surface area contributed by atoms with Gasteiger partial charge in [-0.1, -0.05) is 0 Å². The zero-order valence-electron chi connectivity index (χ0n) is 16.3. The molecule has 162 valence electrons. The number of alkyl halides is 3. The van der Waals surface area contributed by atoms with E-state index < -0.39 is 23.6 Å². The van der Waals surface area contributed by atoms with E-state index in [1.807, 2.05) is 0 Å². The van der Waals surface area contributed by atoms with Crippen molar-refractivity contribution in [2.45, 2.75) is 19.0 Å². The van der Waals surface area contributed by atoms with Crippen molar-refractivity contribution in [1.82, 2.24) is 14.7 Å². The lowest BCUT2D eigenvalue weighted by molar-refractivity contribution is -0.137. The van der Waals surface area contributed by atoms with Gasteiger partial charge in [0.15, 0.2) is 0 Å². The van der Waals surface area contributed by atoms with Gasteiger partial charge in [-0.3, -0.25) is 9.59 Å². The van der Waals surface area contributed by atoms with Crippen LogP contribution in [0, 0.1) is 5.92 Å². The maximum absolute atomic E-state index is 13.2. The topological polar surface area (TPSA) is 80.4 Å². The van der Waals surface area contributed by atoms with E-state index in [1.54, 1.807) is 23.2 Å². The van der Waals surface area contributed by atoms with Crippen LogP contribution in [0.5, 0.6) is 0 Å². The molecular weight excluding hydrogens is 413 g/mol. The quantitative estimate of drug-likeness (QED) is 0.677. The van der Waals surface area contributed by atoms with Crippen molar-refractivity contribution in [3.05, 3.63) is 66.4 Å². The Kier molecular flexibility index (Phi) is 5.53. The number of piperidine rings is 1. The summed E-state index contributed by atoms with van der Waals surface area (Å²) in [5.74, 6) is -1.25. The number of carbonyl (C=O) groups is 2. The number of rotatable bonds is 4. The Hall–Kier alpha value is -3.56. The lowest BCUT2D eigenvalue weighted by Crippen LogP contribution is -2.43. The van der Waals surface area contributed by atoms with E-state index in [0.29, 0.717) is 30.6 Å². The molecule has 1 aliphatic heterocycles. The molecule has 3 heterocycles. The van der Waals surface area contributed by atoms with Crippen molar-refractivity contribution < 1.29 is 27.2 Å². The fraction of sp³-hybridized carbons (Fsp3) is 0.286. The van der Waals surface area contributed by atoms with Gasteiger partial charge in [0, 0.05) is 25.5 Å². The summed E-state index contributed by atoms with van der Waals surface area (Å²) in [5.41, 5.74) is -0.172. The number of hydrogen-bond donors (Lipinski definition) is 1. The van der Waals surface area contributed by atoms with E-state index in [9.17, 15) is 22.8 Å². The van der Waals surface area contributed by atoms with Gasteiger partial charge in [0.2, 0.25) is 5.91 Å². The smallest absolute Gasteiger partial charge is 0.416 e. The molecule has 3 aromatic rings. The Morgan fingerprint density at radius 3 is 2.74 bits per heavy atom. The number of amides is 2. The number of halogens is 3. The van der Waals surface area contributed by atoms with Crippen molar-refractivity contribution in [3.63, 3.8) is 0 Å². The lowest BCUT2D eigenvalue weighted by atomic mass is 9.96. The maximum Gasteiger partial charge on any atom is 0.416 e. The molecule has 1 aromatic carbocycles. The summed E-state index contributed by atoms with van der Waals surface area (Å²) in [6.07, 6.45) is 2.37. The van der Waals surface area contributed by atoms with Gasteiger partial charge in [-0.2, -0.15) is 18.3 Å². The molecule has 0 radical (unpaired) electrons. The number of nitrogens with one attached hydrogen (secondary N) is 1. The number of hydrogen-bond acceptors (Lipinski definition) is 4. The fourth-order valence-corrected chi connectivity index (χ4v) is 3.60. The number of anilines is 1. The second-order valence-electron chi connectivity index (χ2n) is 7.27. The molecule has 0 aliphatic carbocycles. The first-order valence-corrected chi connectivity index (χ1v) is 9.66. The van der Waals surface area contributed by atoms with Gasteiger partial charge in [-0.25, -0.2) is 4.68 Å². The van der Waals surface area contributed by atoms with Crippen LogP contribution in [0.25, 0.3) is 5.69 Å². The molecule has 0 unspecified atom stereocenters. The van der Waals surface area contributed by atoms with E-state index in [0.717, 1.165) is 12.1 Å². The standard InChI is InChI=1S/C21H19F3N4O3/c22-21(23,24)16-4-5-18(28-9-2-7-25-28)17(11-16)26-19(29)14-3-1-8-27(12-14)20(30)15-6-10-31-13-15/h2,4-7,9-11,13-14H,1,3,8,12H2,(H,26,29)/t14-/m0/s1. The minimum atomic E-state index is -4.55. The number of aromatic nitrogens is 2. The van der Waals surface area contributed by atoms with Crippen LogP contribution in [-0.4, -0.2) is 39.6 Å². The lowest BCUT2D eigenvalue weighted by Gasteiger charge is -2.32. The van der Waals surface area contributed by atoms with E-state index in [-0.39, 0.29) is 18.1 Å². The first-order valence-electron chi connectivity index (χ1n) is 9.66. The molecule has 0 saturated carbocycles. The molecule has 7 nitrogen and oxygen atoms in total. The Bertz CT molecular complexity index is 1060. The number of carbonyl (C=O) groups excluding carboxylic acids is 2. The summed E-state index contributed by atoms with van der Waals surface area (Å²) in [5, 5.41) is 6.66. The van der Waals surface area contributed by atoms with Crippen LogP contribution in [0.3, 0.4) is 0 Å². The minimum absolute atomic E-state index is 0.00168. The zero-order valence-corrected chi connectivity index (χ0v) is 16.3. The van der Waals surface area contributed by atoms with Crippen LogP contribution in [0.1, 0.15) is 28.8 Å². The second-order valence-corrected chi connectivity index (χ2v) is 7.27. The van der Waals surface area contributed by atoms with Gasteiger partial charge < -0.3 is 14.6 Å². The summed E-state index contributed by atoms with van der Waals surface area (Å²) in [4.78, 5) is 27.0. The van der Waals surface area contributed by atoms with Gasteiger partial charge in [0.1, 0.15) is 6.26 Å². The summed E-state index contributed by atoms with van der Waals surface area (Å²) in [6, 6.07) is 6.28. The first kappa shape index (κ1) is 20.7. The van der Waals surface area contributed by atoms with Crippen LogP contribution in [0.2, 0.25) is 0 Å². The highest BCUT2D eigenvalue weighted by Gasteiger charge is 2.33.